The summed E-state index contributed by atoms with van der Waals surface area (Å²) in [4.78, 5) is 25.0. The number of carboxylic acid groups (broad SMARTS) is 1. The van der Waals surface area contributed by atoms with Crippen LogP contribution in [0.2, 0.25) is 0 Å². The summed E-state index contributed by atoms with van der Waals surface area (Å²) in [6, 6.07) is 11.2. The molecular weight excluding hydrogens is 389 g/mol. The van der Waals surface area contributed by atoms with Crippen LogP contribution >= 0.6 is 0 Å². The molecule has 160 valence electrons. The largest absolute Gasteiger partial charge is 0.485 e. The molecule has 2 aromatic carbocycles. The molecule has 0 saturated heterocycles. The van der Waals surface area contributed by atoms with Crippen LogP contribution in [0.1, 0.15) is 31.9 Å². The molecule has 0 bridgehead atoms. The Balaban J connectivity index is 2.27. The van der Waals surface area contributed by atoms with Crippen molar-refractivity contribution in [3.63, 3.8) is 0 Å². The number of benzene rings is 2. The highest BCUT2D eigenvalue weighted by molar-refractivity contribution is 5.95. The highest BCUT2D eigenvalue weighted by atomic mass is 19.1. The fraction of sp³-hybridized carbons (Fsp3) is 0.304. The monoisotopic (exact) mass is 415 g/mol. The van der Waals surface area contributed by atoms with Gasteiger partial charge in [0.05, 0.1) is 0 Å². The molecule has 6 nitrogen and oxygen atoms in total. The highest BCUT2D eigenvalue weighted by Crippen LogP contribution is 2.32. The first-order chi connectivity index (χ1) is 14.3. The maximum Gasteiger partial charge on any atom is 0.341 e. The van der Waals surface area contributed by atoms with E-state index < -0.39 is 18.4 Å². The van der Waals surface area contributed by atoms with Gasteiger partial charge < -0.3 is 19.5 Å². The molecule has 0 fully saturated rings. The van der Waals surface area contributed by atoms with Crippen molar-refractivity contribution < 1.29 is 28.6 Å². The SMILES string of the molecule is CCN(CC)C(=O)/C=C(/C)c1ccc(OCc2ccccc2F)c(OCC(=O)O)c1. The second-order valence-electron chi connectivity index (χ2n) is 6.56. The van der Waals surface area contributed by atoms with E-state index in [0.717, 1.165) is 0 Å². The molecule has 0 aliphatic carbocycles. The third kappa shape index (κ3) is 6.34. The van der Waals surface area contributed by atoms with Crippen molar-refractivity contribution in [2.75, 3.05) is 19.7 Å². The Morgan fingerprint density at radius 3 is 2.40 bits per heavy atom. The van der Waals surface area contributed by atoms with Gasteiger partial charge in [-0.15, -0.1) is 0 Å². The fourth-order valence-corrected chi connectivity index (χ4v) is 2.79. The van der Waals surface area contributed by atoms with Gasteiger partial charge in [0, 0.05) is 24.7 Å². The number of likely N-dealkylation sites (N-methyl/N-ethyl adjacent to an activating group) is 1. The minimum atomic E-state index is -1.13. The second kappa shape index (κ2) is 11.0. The van der Waals surface area contributed by atoms with Gasteiger partial charge in [-0.2, -0.15) is 0 Å². The molecule has 30 heavy (non-hydrogen) atoms. The van der Waals surface area contributed by atoms with Crippen molar-refractivity contribution in [1.82, 2.24) is 4.90 Å². The van der Waals surface area contributed by atoms with Crippen LogP contribution in [0.15, 0.2) is 48.5 Å². The molecule has 1 amide bonds. The van der Waals surface area contributed by atoms with Gasteiger partial charge in [-0.25, -0.2) is 9.18 Å². The number of aliphatic carboxylic acids is 1. The van der Waals surface area contributed by atoms with Crippen LogP contribution < -0.4 is 9.47 Å². The number of hydrogen-bond acceptors (Lipinski definition) is 4. The van der Waals surface area contributed by atoms with Gasteiger partial charge in [-0.1, -0.05) is 24.3 Å². The van der Waals surface area contributed by atoms with Crippen molar-refractivity contribution in [3.8, 4) is 11.5 Å². The average Bonchev–Trinajstić information content (AvgIpc) is 2.72. The average molecular weight is 415 g/mol. The molecule has 0 atom stereocenters. The summed E-state index contributed by atoms with van der Waals surface area (Å²) < 4.78 is 24.9. The van der Waals surface area contributed by atoms with Gasteiger partial charge in [0.15, 0.2) is 18.1 Å². The van der Waals surface area contributed by atoms with Gasteiger partial charge in [0.1, 0.15) is 12.4 Å². The van der Waals surface area contributed by atoms with Crippen LogP contribution in [0.4, 0.5) is 4.39 Å². The molecule has 0 unspecified atom stereocenters. The first-order valence-electron chi connectivity index (χ1n) is 9.68. The number of nitrogens with zero attached hydrogens (tertiary/aromatic N) is 1. The lowest BCUT2D eigenvalue weighted by Gasteiger charge is -2.17. The van der Waals surface area contributed by atoms with E-state index >= 15 is 0 Å². The Morgan fingerprint density at radius 1 is 1.07 bits per heavy atom. The first kappa shape index (κ1) is 22.9. The molecule has 0 radical (unpaired) electrons. The molecule has 1 N–H and O–H groups in total. The van der Waals surface area contributed by atoms with Crippen LogP contribution in [-0.4, -0.2) is 41.6 Å². The number of amides is 1. The smallest absolute Gasteiger partial charge is 0.341 e. The number of carbonyl (C=O) groups is 2. The van der Waals surface area contributed by atoms with Gasteiger partial charge in [0.2, 0.25) is 5.91 Å². The zero-order valence-corrected chi connectivity index (χ0v) is 17.4. The predicted octanol–water partition coefficient (Wildman–Crippen LogP) is 4.14. The molecule has 0 heterocycles. The molecule has 0 aliphatic rings. The summed E-state index contributed by atoms with van der Waals surface area (Å²) in [6.07, 6.45) is 1.53. The Morgan fingerprint density at radius 2 is 1.77 bits per heavy atom. The lowest BCUT2D eigenvalue weighted by atomic mass is 10.1. The first-order valence-corrected chi connectivity index (χ1v) is 9.68. The molecule has 0 aromatic heterocycles. The molecule has 7 heteroatoms. The Bertz CT molecular complexity index is 922. The minimum Gasteiger partial charge on any atom is -0.485 e. The Labute approximate surface area is 175 Å². The number of carbonyl (C=O) groups excluding carboxylic acids is 1. The van der Waals surface area contributed by atoms with Crippen molar-refractivity contribution in [2.24, 2.45) is 0 Å². The lowest BCUT2D eigenvalue weighted by molar-refractivity contribution is -0.139. The van der Waals surface area contributed by atoms with E-state index in [1.807, 2.05) is 13.8 Å². The lowest BCUT2D eigenvalue weighted by Crippen LogP contribution is -2.28. The number of rotatable bonds is 10. The molecular formula is C23H26FNO5. The summed E-state index contributed by atoms with van der Waals surface area (Å²) in [5.74, 6) is -1.15. The quantitative estimate of drug-likeness (QED) is 0.590. The molecule has 0 aliphatic heterocycles. The topological polar surface area (TPSA) is 76.1 Å². The summed E-state index contributed by atoms with van der Waals surface area (Å²) in [5.41, 5.74) is 1.76. The zero-order valence-electron chi connectivity index (χ0n) is 17.4. The number of halogens is 1. The minimum absolute atomic E-state index is 0.0370. The van der Waals surface area contributed by atoms with E-state index in [-0.39, 0.29) is 24.0 Å². The van der Waals surface area contributed by atoms with E-state index in [1.165, 1.54) is 12.1 Å². The van der Waals surface area contributed by atoms with Crippen molar-refractivity contribution in [1.29, 1.82) is 0 Å². The highest BCUT2D eigenvalue weighted by Gasteiger charge is 2.13. The predicted molar refractivity (Wildman–Crippen MR) is 112 cm³/mol. The maximum absolute atomic E-state index is 13.8. The summed E-state index contributed by atoms with van der Waals surface area (Å²) in [7, 11) is 0. The van der Waals surface area contributed by atoms with Gasteiger partial charge >= 0.3 is 5.97 Å². The third-order valence-corrected chi connectivity index (χ3v) is 4.51. The third-order valence-electron chi connectivity index (χ3n) is 4.51. The van der Waals surface area contributed by atoms with E-state index in [4.69, 9.17) is 14.6 Å². The van der Waals surface area contributed by atoms with Crippen LogP contribution in [0.25, 0.3) is 5.57 Å². The summed E-state index contributed by atoms with van der Waals surface area (Å²) >= 11 is 0. The van der Waals surface area contributed by atoms with E-state index in [0.29, 0.717) is 29.8 Å². The van der Waals surface area contributed by atoms with E-state index in [9.17, 15) is 14.0 Å². The van der Waals surface area contributed by atoms with Crippen LogP contribution in [-0.2, 0) is 16.2 Å². The summed E-state index contributed by atoms with van der Waals surface area (Å²) in [6.45, 7) is 6.22. The van der Waals surface area contributed by atoms with E-state index in [2.05, 4.69) is 0 Å². The van der Waals surface area contributed by atoms with Gasteiger partial charge in [-0.05, 0) is 50.1 Å². The zero-order chi connectivity index (χ0) is 22.1. The van der Waals surface area contributed by atoms with Gasteiger partial charge in [-0.3, -0.25) is 4.79 Å². The van der Waals surface area contributed by atoms with Crippen LogP contribution in [0.5, 0.6) is 11.5 Å². The van der Waals surface area contributed by atoms with Crippen molar-refractivity contribution in [2.45, 2.75) is 27.4 Å². The Hall–Kier alpha value is -3.35. The number of allylic oxidation sites excluding steroid dienone is 1. The van der Waals surface area contributed by atoms with Gasteiger partial charge in [0.25, 0.3) is 0 Å². The number of hydrogen-bond donors (Lipinski definition) is 1. The van der Waals surface area contributed by atoms with Crippen LogP contribution in [0.3, 0.4) is 0 Å². The number of ether oxygens (including phenoxy) is 2. The number of carboxylic acids is 1. The summed E-state index contributed by atoms with van der Waals surface area (Å²) in [5, 5.41) is 8.95. The molecule has 2 rings (SSSR count). The second-order valence-corrected chi connectivity index (χ2v) is 6.56. The standard InChI is InChI=1S/C23H26FNO5/c1-4-25(5-2)22(26)12-16(3)17-10-11-20(21(13-17)30-15-23(27)28)29-14-18-8-6-7-9-19(18)24/h6-13H,4-5,14-15H2,1-3H3,(H,27,28)/b16-12-. The normalized spacial score (nSPS) is 11.1. The van der Waals surface area contributed by atoms with E-state index in [1.54, 1.807) is 48.2 Å². The Kier molecular flexibility index (Phi) is 8.41. The fourth-order valence-electron chi connectivity index (χ4n) is 2.79. The van der Waals surface area contributed by atoms with Crippen molar-refractivity contribution >= 4 is 17.4 Å². The van der Waals surface area contributed by atoms with Crippen LogP contribution in [0, 0.1) is 5.82 Å². The van der Waals surface area contributed by atoms with Crippen molar-refractivity contribution in [3.05, 3.63) is 65.5 Å². The maximum atomic E-state index is 13.8. The molecule has 2 aromatic rings. The molecule has 0 saturated carbocycles. The molecule has 0 spiro atoms.